The van der Waals surface area contributed by atoms with Crippen molar-refractivity contribution in [2.45, 2.75) is 0 Å². The average Bonchev–Trinajstić information content (AvgIpc) is 2.14. The molecular weight excluding hydrogens is 106 g/mol. The van der Waals surface area contributed by atoms with Crippen LogP contribution in [0.1, 0.15) is 0 Å². The summed E-state index contributed by atoms with van der Waals surface area (Å²) >= 11 is 0. The van der Waals surface area contributed by atoms with Crippen molar-refractivity contribution in [3.8, 4) is 5.75 Å². The molecule has 42 valence electrons. The Morgan fingerprint density at radius 2 is 2.50 bits per heavy atom. The van der Waals surface area contributed by atoms with Gasteiger partial charge in [0, 0.05) is 6.20 Å². The second kappa shape index (κ2) is 1.65. The maximum absolute atomic E-state index is 8.71. The molecule has 0 aromatic carbocycles. The summed E-state index contributed by atoms with van der Waals surface area (Å²) in [6, 6.07) is 1.44. The molecule has 0 saturated heterocycles. The van der Waals surface area contributed by atoms with Crippen LogP contribution in [0, 0.1) is 5.53 Å². The van der Waals surface area contributed by atoms with E-state index in [0.717, 1.165) is 0 Å². The Labute approximate surface area is 45.7 Å². The Morgan fingerprint density at radius 1 is 1.75 bits per heavy atom. The van der Waals surface area contributed by atoms with Gasteiger partial charge in [0.25, 0.3) is 0 Å². The normalized spacial score (nSPS) is 9.00. The summed E-state index contributed by atoms with van der Waals surface area (Å²) in [7, 11) is 0. The lowest BCUT2D eigenvalue weighted by Gasteiger charge is -1.81. The van der Waals surface area contributed by atoms with Gasteiger partial charge >= 0.3 is 0 Å². The van der Waals surface area contributed by atoms with E-state index in [2.05, 4.69) is 10.1 Å². The number of rotatable bonds is 1. The van der Waals surface area contributed by atoms with Crippen LogP contribution in [0.5, 0.6) is 5.75 Å². The molecule has 3 N–H and O–H groups in total. The summed E-state index contributed by atoms with van der Waals surface area (Å²) < 4.78 is 0. The van der Waals surface area contributed by atoms with Crippen LogP contribution >= 0.6 is 0 Å². The predicted molar refractivity (Wildman–Crippen MR) is 27.3 cm³/mol. The number of aromatic hydroxyl groups is 1. The van der Waals surface area contributed by atoms with Crippen LogP contribution in [0.4, 0.5) is 5.82 Å². The number of nitrogens with one attached hydrogen (secondary N) is 2. The minimum Gasteiger partial charge on any atom is -0.504 e. The summed E-state index contributed by atoms with van der Waals surface area (Å²) in [5, 5.41) is 11.7. The zero-order chi connectivity index (χ0) is 5.98. The fraction of sp³-hybridized carbons (Fsp3) is 0. The third-order valence-electron chi connectivity index (χ3n) is 0.816. The van der Waals surface area contributed by atoms with Gasteiger partial charge in [-0.25, -0.2) is 5.53 Å². The Morgan fingerprint density at radius 3 is 2.75 bits per heavy atom. The van der Waals surface area contributed by atoms with Crippen LogP contribution < -0.4 is 0 Å². The maximum Gasteiger partial charge on any atom is 0.194 e. The molecule has 0 aliphatic heterocycles. The lowest BCUT2D eigenvalue weighted by molar-refractivity contribution is 0.477. The van der Waals surface area contributed by atoms with Gasteiger partial charge in [0.05, 0.1) is 0 Å². The first-order chi connectivity index (χ1) is 3.84. The first-order valence-electron chi connectivity index (χ1n) is 2.08. The fourth-order valence-corrected chi connectivity index (χ4v) is 0.442. The SMILES string of the molecule is N=Nc1[nH]ccc1O. The third kappa shape index (κ3) is 0.556. The first kappa shape index (κ1) is 4.83. The molecule has 8 heavy (non-hydrogen) atoms. The van der Waals surface area contributed by atoms with Crippen LogP contribution in [0.2, 0.25) is 0 Å². The van der Waals surface area contributed by atoms with Crippen molar-refractivity contribution in [1.82, 2.24) is 4.98 Å². The van der Waals surface area contributed by atoms with E-state index in [9.17, 15) is 0 Å². The van der Waals surface area contributed by atoms with Gasteiger partial charge in [0.2, 0.25) is 0 Å². The molecule has 0 aliphatic rings. The summed E-state index contributed by atoms with van der Waals surface area (Å²) in [5.74, 6) is 0.213. The van der Waals surface area contributed by atoms with Gasteiger partial charge < -0.3 is 10.1 Å². The maximum atomic E-state index is 8.71. The largest absolute Gasteiger partial charge is 0.504 e. The van der Waals surface area contributed by atoms with E-state index in [4.69, 9.17) is 10.6 Å². The molecule has 1 rings (SSSR count). The van der Waals surface area contributed by atoms with E-state index < -0.39 is 0 Å². The third-order valence-corrected chi connectivity index (χ3v) is 0.816. The van der Waals surface area contributed by atoms with Gasteiger partial charge in [-0.15, -0.1) is 5.11 Å². The van der Waals surface area contributed by atoms with Gasteiger partial charge in [0.1, 0.15) is 0 Å². The molecule has 0 bridgehead atoms. The highest BCUT2D eigenvalue weighted by molar-refractivity contribution is 5.42. The number of aromatic amines is 1. The smallest absolute Gasteiger partial charge is 0.194 e. The Bertz CT molecular complexity index is 193. The van der Waals surface area contributed by atoms with Crippen molar-refractivity contribution >= 4 is 5.82 Å². The highest BCUT2D eigenvalue weighted by Gasteiger charge is 1.95. The van der Waals surface area contributed by atoms with E-state index in [0.29, 0.717) is 0 Å². The minimum absolute atomic E-state index is 0.0139. The highest BCUT2D eigenvalue weighted by atomic mass is 16.3. The van der Waals surface area contributed by atoms with E-state index in [1.165, 1.54) is 12.3 Å². The summed E-state index contributed by atoms with van der Waals surface area (Å²) in [4.78, 5) is 2.55. The van der Waals surface area contributed by atoms with Crippen molar-refractivity contribution in [2.24, 2.45) is 5.11 Å². The van der Waals surface area contributed by atoms with Crippen molar-refractivity contribution in [1.29, 1.82) is 5.53 Å². The monoisotopic (exact) mass is 111 g/mol. The molecule has 0 fully saturated rings. The van der Waals surface area contributed by atoms with Crippen molar-refractivity contribution in [3.05, 3.63) is 12.3 Å². The van der Waals surface area contributed by atoms with Crippen molar-refractivity contribution < 1.29 is 5.11 Å². The van der Waals surface area contributed by atoms with Gasteiger partial charge in [-0.3, -0.25) is 0 Å². The molecule has 0 radical (unpaired) electrons. The average molecular weight is 111 g/mol. The van der Waals surface area contributed by atoms with E-state index >= 15 is 0 Å². The van der Waals surface area contributed by atoms with Crippen LogP contribution in [-0.2, 0) is 0 Å². The number of nitrogens with zero attached hydrogens (tertiary/aromatic N) is 1. The lowest BCUT2D eigenvalue weighted by atomic mass is 10.6. The van der Waals surface area contributed by atoms with E-state index in [1.807, 2.05) is 0 Å². The molecule has 0 unspecified atom stereocenters. The Balaban J connectivity index is 3.09. The van der Waals surface area contributed by atoms with Crippen LogP contribution in [0.3, 0.4) is 0 Å². The zero-order valence-corrected chi connectivity index (χ0v) is 4.05. The van der Waals surface area contributed by atoms with E-state index in [-0.39, 0.29) is 11.6 Å². The number of aromatic nitrogens is 1. The molecule has 0 atom stereocenters. The number of hydrogen-bond acceptors (Lipinski definition) is 3. The second-order valence-electron chi connectivity index (χ2n) is 1.32. The van der Waals surface area contributed by atoms with Crippen molar-refractivity contribution in [2.75, 3.05) is 0 Å². The molecule has 0 spiro atoms. The molecular formula is C4H5N3O. The van der Waals surface area contributed by atoms with Crippen molar-refractivity contribution in [3.63, 3.8) is 0 Å². The standard InChI is InChI=1S/C4H5N3O/c5-7-4-3(8)1-2-6-4/h1-2,5-6,8H. The molecule has 0 aliphatic carbocycles. The molecule has 1 aromatic heterocycles. The van der Waals surface area contributed by atoms with Crippen LogP contribution in [-0.4, -0.2) is 10.1 Å². The lowest BCUT2D eigenvalue weighted by Crippen LogP contribution is -1.56. The second-order valence-corrected chi connectivity index (χ2v) is 1.32. The molecule has 1 heterocycles. The topological polar surface area (TPSA) is 72.2 Å². The zero-order valence-electron chi connectivity index (χ0n) is 4.05. The number of hydrogen-bond donors (Lipinski definition) is 3. The van der Waals surface area contributed by atoms with E-state index in [1.54, 1.807) is 0 Å². The Hall–Kier alpha value is -1.32. The van der Waals surface area contributed by atoms with Crippen LogP contribution in [0.25, 0.3) is 0 Å². The van der Waals surface area contributed by atoms with Gasteiger partial charge in [-0.1, -0.05) is 0 Å². The number of H-pyrrole nitrogens is 1. The molecule has 4 heteroatoms. The highest BCUT2D eigenvalue weighted by Crippen LogP contribution is 2.21. The molecule has 1 aromatic rings. The minimum atomic E-state index is 0.0139. The fourth-order valence-electron chi connectivity index (χ4n) is 0.442. The summed E-state index contributed by atoms with van der Waals surface area (Å²) in [6.45, 7) is 0. The van der Waals surface area contributed by atoms with Gasteiger partial charge in [-0.2, -0.15) is 0 Å². The molecule has 4 nitrogen and oxygen atoms in total. The van der Waals surface area contributed by atoms with Gasteiger partial charge in [-0.05, 0) is 6.07 Å². The first-order valence-corrected chi connectivity index (χ1v) is 2.08. The molecule has 0 amide bonds. The molecule has 0 saturated carbocycles. The Kier molecular flexibility index (Phi) is 0.997. The summed E-state index contributed by atoms with van der Waals surface area (Å²) in [5.41, 5.74) is 6.43. The van der Waals surface area contributed by atoms with Crippen LogP contribution in [0.15, 0.2) is 17.4 Å². The summed E-state index contributed by atoms with van der Waals surface area (Å²) in [6.07, 6.45) is 1.52. The predicted octanol–water partition coefficient (Wildman–Crippen LogP) is 1.38. The quantitative estimate of drug-likeness (QED) is 0.470. The van der Waals surface area contributed by atoms with Gasteiger partial charge in [0.15, 0.2) is 11.6 Å².